The van der Waals surface area contributed by atoms with Crippen molar-refractivity contribution in [2.75, 3.05) is 7.11 Å². The van der Waals surface area contributed by atoms with Crippen molar-refractivity contribution in [2.24, 2.45) is 11.8 Å². The van der Waals surface area contributed by atoms with E-state index >= 15 is 0 Å². The zero-order chi connectivity index (χ0) is 21.0. The number of hydrogen-bond acceptors (Lipinski definition) is 7. The van der Waals surface area contributed by atoms with E-state index in [1.165, 1.54) is 11.5 Å². The first-order valence-electron chi connectivity index (χ1n) is 10.7. The first-order valence-corrected chi connectivity index (χ1v) is 11.4. The Kier molecular flexibility index (Phi) is 4.33. The average molecular weight is 434 g/mol. The molecule has 0 spiro atoms. The second-order valence-corrected chi connectivity index (χ2v) is 9.43. The lowest BCUT2D eigenvalue weighted by atomic mass is 9.89. The van der Waals surface area contributed by atoms with Gasteiger partial charge in [0.05, 0.1) is 30.2 Å². The highest BCUT2D eigenvalue weighted by molar-refractivity contribution is 7.13. The molecule has 158 valence electrons. The van der Waals surface area contributed by atoms with Crippen LogP contribution in [-0.2, 0) is 12.1 Å². The minimum atomic E-state index is -0.777. The van der Waals surface area contributed by atoms with Crippen molar-refractivity contribution in [3.63, 3.8) is 0 Å². The van der Waals surface area contributed by atoms with Crippen LogP contribution in [0.15, 0.2) is 42.7 Å². The van der Waals surface area contributed by atoms with Crippen LogP contribution in [0.4, 0.5) is 0 Å². The number of ether oxygens (including phenoxy) is 1. The molecule has 2 saturated carbocycles. The van der Waals surface area contributed by atoms with Gasteiger partial charge >= 0.3 is 0 Å². The number of aromatic nitrogens is 5. The predicted molar refractivity (Wildman–Crippen MR) is 118 cm³/mol. The Morgan fingerprint density at radius 2 is 1.97 bits per heavy atom. The van der Waals surface area contributed by atoms with Crippen molar-refractivity contribution in [1.29, 1.82) is 0 Å². The summed E-state index contributed by atoms with van der Waals surface area (Å²) in [6.45, 7) is 0.617. The zero-order valence-corrected chi connectivity index (χ0v) is 18.0. The van der Waals surface area contributed by atoms with E-state index in [0.717, 1.165) is 58.3 Å². The lowest BCUT2D eigenvalue weighted by Gasteiger charge is -2.25. The molecule has 2 aliphatic rings. The molecule has 3 heterocycles. The molecule has 1 aromatic carbocycles. The Labute approximate surface area is 183 Å². The summed E-state index contributed by atoms with van der Waals surface area (Å²) in [5.74, 6) is 1.29. The third kappa shape index (κ3) is 3.30. The quantitative estimate of drug-likeness (QED) is 0.474. The van der Waals surface area contributed by atoms with Crippen molar-refractivity contribution >= 4 is 21.6 Å². The second kappa shape index (κ2) is 7.10. The summed E-state index contributed by atoms with van der Waals surface area (Å²) in [5, 5.41) is 21.1. The summed E-state index contributed by atoms with van der Waals surface area (Å²) in [6, 6.07) is 10.2. The molecule has 0 atom stereocenters. The molecule has 7 nitrogen and oxygen atoms in total. The van der Waals surface area contributed by atoms with Crippen molar-refractivity contribution in [3.05, 3.63) is 54.0 Å². The van der Waals surface area contributed by atoms with Crippen molar-refractivity contribution in [3.8, 4) is 17.1 Å². The smallest absolute Gasteiger partial charge is 0.212 e. The first kappa shape index (κ1) is 18.9. The second-order valence-electron chi connectivity index (χ2n) is 8.63. The lowest BCUT2D eigenvalue weighted by Crippen LogP contribution is -2.31. The average Bonchev–Trinajstić information content (AvgIpc) is 3.73. The van der Waals surface area contributed by atoms with E-state index in [9.17, 15) is 5.11 Å². The highest BCUT2D eigenvalue weighted by atomic mass is 32.1. The highest BCUT2D eigenvalue weighted by Gasteiger charge is 2.55. The standard InChI is InChI=1S/C23H23N5O2S/c1-30-21-9-3-15(11-24-21)22-18-8-2-14(10-19(18)31-26-22)12-28-13-20(25-27-28)23(29,16-4-5-16)17-6-7-17/h2-3,8-11,13,16-17,29H,4-7,12H2,1H3. The molecule has 3 aromatic heterocycles. The van der Waals surface area contributed by atoms with E-state index in [2.05, 4.69) is 37.9 Å². The van der Waals surface area contributed by atoms with Gasteiger partial charge in [-0.1, -0.05) is 17.3 Å². The number of hydrogen-bond donors (Lipinski definition) is 1. The summed E-state index contributed by atoms with van der Waals surface area (Å²) in [4.78, 5) is 4.29. The van der Waals surface area contributed by atoms with Crippen LogP contribution in [0.1, 0.15) is 36.9 Å². The van der Waals surface area contributed by atoms with Gasteiger partial charge in [0.1, 0.15) is 11.3 Å². The topological polar surface area (TPSA) is 86.0 Å². The van der Waals surface area contributed by atoms with Crippen LogP contribution in [0.25, 0.3) is 21.3 Å². The molecule has 0 saturated heterocycles. The molecule has 2 fully saturated rings. The van der Waals surface area contributed by atoms with E-state index in [1.54, 1.807) is 13.3 Å². The number of methoxy groups -OCH3 is 1. The normalized spacial score (nSPS) is 16.7. The Bertz CT molecular complexity index is 1230. The van der Waals surface area contributed by atoms with Crippen LogP contribution in [0, 0.1) is 11.8 Å². The van der Waals surface area contributed by atoms with E-state index < -0.39 is 5.60 Å². The fourth-order valence-corrected chi connectivity index (χ4v) is 5.33. The SMILES string of the molecule is COc1ccc(-c2nsc3cc(Cn4cc(C(O)(C5CC5)C5CC5)nn4)ccc23)cn1. The Balaban J connectivity index is 1.25. The summed E-state index contributed by atoms with van der Waals surface area (Å²) in [7, 11) is 1.61. The Morgan fingerprint density at radius 1 is 1.16 bits per heavy atom. The molecular formula is C23H23N5O2S. The number of rotatable bonds is 7. The largest absolute Gasteiger partial charge is 0.481 e. The van der Waals surface area contributed by atoms with Crippen molar-refractivity contribution < 1.29 is 9.84 Å². The van der Waals surface area contributed by atoms with Gasteiger partial charge in [-0.2, -0.15) is 4.37 Å². The maximum atomic E-state index is 11.3. The van der Waals surface area contributed by atoms with Gasteiger partial charge in [0.15, 0.2) is 0 Å². The fourth-order valence-electron chi connectivity index (χ4n) is 4.47. The van der Waals surface area contributed by atoms with Crippen LogP contribution < -0.4 is 4.74 Å². The molecule has 4 aromatic rings. The summed E-state index contributed by atoms with van der Waals surface area (Å²) < 4.78 is 12.8. The van der Waals surface area contributed by atoms with Gasteiger partial charge in [-0.3, -0.25) is 0 Å². The summed E-state index contributed by atoms with van der Waals surface area (Å²) in [6.07, 6.45) is 8.09. The van der Waals surface area contributed by atoms with Crippen LogP contribution in [0.5, 0.6) is 5.88 Å². The van der Waals surface area contributed by atoms with Crippen LogP contribution >= 0.6 is 11.5 Å². The molecule has 0 aliphatic heterocycles. The maximum Gasteiger partial charge on any atom is 0.212 e. The van der Waals surface area contributed by atoms with Gasteiger partial charge in [-0.25, -0.2) is 9.67 Å². The van der Waals surface area contributed by atoms with E-state index in [-0.39, 0.29) is 0 Å². The molecule has 0 bridgehead atoms. The molecule has 0 amide bonds. The third-order valence-corrected chi connectivity index (χ3v) is 7.26. The molecule has 31 heavy (non-hydrogen) atoms. The van der Waals surface area contributed by atoms with Crippen LogP contribution in [-0.4, -0.2) is 36.6 Å². The molecule has 2 aliphatic carbocycles. The Morgan fingerprint density at radius 3 is 2.65 bits per heavy atom. The minimum Gasteiger partial charge on any atom is -0.481 e. The molecule has 0 unspecified atom stereocenters. The minimum absolute atomic E-state index is 0.351. The van der Waals surface area contributed by atoms with Gasteiger partial charge in [0.2, 0.25) is 5.88 Å². The van der Waals surface area contributed by atoms with Gasteiger partial charge in [0.25, 0.3) is 0 Å². The van der Waals surface area contributed by atoms with Crippen LogP contribution in [0.3, 0.4) is 0 Å². The zero-order valence-electron chi connectivity index (χ0n) is 17.2. The number of pyridine rings is 1. The number of aliphatic hydroxyl groups is 1. The predicted octanol–water partition coefficient (Wildman–Crippen LogP) is 4.01. The third-order valence-electron chi connectivity index (χ3n) is 6.45. The highest BCUT2D eigenvalue weighted by Crippen LogP contribution is 2.56. The molecule has 8 heteroatoms. The first-order chi connectivity index (χ1) is 15.1. The molecular weight excluding hydrogens is 410 g/mol. The number of nitrogens with zero attached hydrogens (tertiary/aromatic N) is 5. The van der Waals surface area contributed by atoms with E-state index in [1.807, 2.05) is 23.0 Å². The van der Waals surface area contributed by atoms with Crippen LogP contribution in [0.2, 0.25) is 0 Å². The maximum absolute atomic E-state index is 11.3. The molecule has 6 rings (SSSR count). The molecule has 0 radical (unpaired) electrons. The number of benzene rings is 1. The van der Waals surface area contributed by atoms with E-state index in [4.69, 9.17) is 4.74 Å². The lowest BCUT2D eigenvalue weighted by molar-refractivity contribution is -0.0144. The molecule has 1 N–H and O–H groups in total. The van der Waals surface area contributed by atoms with Crippen molar-refractivity contribution in [1.82, 2.24) is 24.4 Å². The summed E-state index contributed by atoms with van der Waals surface area (Å²) in [5.41, 5.74) is 3.00. The Hall–Kier alpha value is -2.84. The van der Waals surface area contributed by atoms with Gasteiger partial charge in [0, 0.05) is 23.2 Å². The fraction of sp³-hybridized carbons (Fsp3) is 0.391. The van der Waals surface area contributed by atoms with Crippen molar-refractivity contribution in [2.45, 2.75) is 37.8 Å². The monoisotopic (exact) mass is 433 g/mol. The summed E-state index contributed by atoms with van der Waals surface area (Å²) >= 11 is 1.48. The van der Waals surface area contributed by atoms with Gasteiger partial charge in [-0.05, 0) is 66.7 Å². The van der Waals surface area contributed by atoms with Gasteiger partial charge in [-0.15, -0.1) is 5.10 Å². The van der Waals surface area contributed by atoms with Gasteiger partial charge < -0.3 is 9.84 Å². The number of fused-ring (bicyclic) bond motifs is 1. The van der Waals surface area contributed by atoms with E-state index in [0.29, 0.717) is 24.3 Å².